The van der Waals surface area contributed by atoms with Crippen LogP contribution in [0.3, 0.4) is 0 Å². The minimum absolute atomic E-state index is 0.500. The molecule has 0 aliphatic heterocycles. The fraction of sp³-hybridized carbons (Fsp3) is 0.0137. The van der Waals surface area contributed by atoms with Crippen LogP contribution in [-0.2, 0) is 5.41 Å². The lowest BCUT2D eigenvalue weighted by Crippen LogP contribution is -2.26. The Balaban J connectivity index is 0.998. The first kappa shape index (κ1) is 42.2. The van der Waals surface area contributed by atoms with Gasteiger partial charge in [-0.3, -0.25) is 0 Å². The van der Waals surface area contributed by atoms with E-state index in [2.05, 4.69) is 290 Å². The number of benzene rings is 13. The monoisotopic (exact) mass is 937 g/mol. The second-order valence-corrected chi connectivity index (χ2v) is 19.9. The van der Waals surface area contributed by atoms with Crippen molar-refractivity contribution in [3.8, 4) is 66.8 Å². The van der Waals surface area contributed by atoms with Crippen LogP contribution in [0.4, 0.5) is 17.1 Å². The maximum Gasteiger partial charge on any atom is 0.0726 e. The van der Waals surface area contributed by atoms with Gasteiger partial charge in [0.15, 0.2) is 0 Å². The highest BCUT2D eigenvalue weighted by molar-refractivity contribution is 6.22. The van der Waals surface area contributed by atoms with Crippen LogP contribution in [0.15, 0.2) is 285 Å². The summed E-state index contributed by atoms with van der Waals surface area (Å²) in [6.45, 7) is 0. The van der Waals surface area contributed by atoms with Gasteiger partial charge < -0.3 is 4.90 Å². The number of rotatable bonds is 7. The molecule has 2 aliphatic carbocycles. The minimum Gasteiger partial charge on any atom is -0.309 e. The molecular formula is C73H47N. The summed E-state index contributed by atoms with van der Waals surface area (Å²) in [5.74, 6) is 0. The smallest absolute Gasteiger partial charge is 0.0726 e. The summed E-state index contributed by atoms with van der Waals surface area (Å²) in [5, 5.41) is 7.35. The van der Waals surface area contributed by atoms with Crippen LogP contribution in [0.5, 0.6) is 0 Å². The molecule has 0 unspecified atom stereocenters. The fourth-order valence-electron chi connectivity index (χ4n) is 12.9. The topological polar surface area (TPSA) is 3.24 Å². The second kappa shape index (κ2) is 16.8. The van der Waals surface area contributed by atoms with E-state index in [1.165, 1.54) is 116 Å². The molecule has 0 radical (unpaired) electrons. The maximum atomic E-state index is 2.57. The molecule has 1 spiro atoms. The third kappa shape index (κ3) is 6.30. The SMILES string of the molecule is c1ccc(-c2cccc(-c3ccc(N(c4ccc5c(c4)C4(c6ccccc6-c6ccccc64)c4ccccc4-5)c4c(-c5ccc(-c6cccc7ccccc67)cc5)c5ccccc5c5ccccc45)cc3)c2)cc1. The van der Waals surface area contributed by atoms with E-state index in [0.29, 0.717) is 0 Å². The van der Waals surface area contributed by atoms with Crippen LogP contribution >= 0.6 is 0 Å². The van der Waals surface area contributed by atoms with E-state index >= 15 is 0 Å². The van der Waals surface area contributed by atoms with Gasteiger partial charge >= 0.3 is 0 Å². The van der Waals surface area contributed by atoms with Gasteiger partial charge in [0.05, 0.1) is 11.1 Å². The Kier molecular flexibility index (Phi) is 9.55. The molecule has 2 aliphatic rings. The number of hydrogen-bond acceptors (Lipinski definition) is 1. The molecule has 0 saturated heterocycles. The van der Waals surface area contributed by atoms with Crippen LogP contribution in [0.1, 0.15) is 22.3 Å². The molecule has 0 fully saturated rings. The Morgan fingerprint density at radius 1 is 0.230 bits per heavy atom. The number of nitrogens with zero attached hydrogens (tertiary/aromatic N) is 1. The van der Waals surface area contributed by atoms with E-state index in [-0.39, 0.29) is 0 Å². The molecule has 0 atom stereocenters. The summed E-state index contributed by atoms with van der Waals surface area (Å²) in [5.41, 5.74) is 22.9. The van der Waals surface area contributed by atoms with Gasteiger partial charge in [0, 0.05) is 22.3 Å². The summed E-state index contributed by atoms with van der Waals surface area (Å²) >= 11 is 0. The molecule has 0 heterocycles. The molecule has 0 N–H and O–H groups in total. The van der Waals surface area contributed by atoms with Gasteiger partial charge in [0.1, 0.15) is 0 Å². The van der Waals surface area contributed by atoms with Crippen LogP contribution in [0.2, 0.25) is 0 Å². The maximum absolute atomic E-state index is 2.57. The largest absolute Gasteiger partial charge is 0.309 e. The lowest BCUT2D eigenvalue weighted by Gasteiger charge is -2.33. The summed E-state index contributed by atoms with van der Waals surface area (Å²) in [7, 11) is 0. The molecule has 1 heteroatoms. The van der Waals surface area contributed by atoms with Gasteiger partial charge in [-0.1, -0.05) is 255 Å². The van der Waals surface area contributed by atoms with Gasteiger partial charge in [0.25, 0.3) is 0 Å². The standard InChI is InChI=1S/C73H47N/c1-2-18-48(19-3-1)53-22-16-23-54(46-53)49-40-42-55(43-41-49)74(56-44-45-64-63-29-12-15-35-69(63)73(70(64)47-56)67-33-13-10-27-61(67)62-28-11-14-34-68(62)73)72-66-31-9-7-26-60(66)59-25-6-8-30-65(59)71(72)52-38-36-51(37-39-52)58-32-17-21-50-20-4-5-24-57(50)58/h1-47H. The predicted octanol–water partition coefficient (Wildman–Crippen LogP) is 19.6. The van der Waals surface area contributed by atoms with Gasteiger partial charge in [-0.2, -0.15) is 0 Å². The summed E-state index contributed by atoms with van der Waals surface area (Å²) in [4.78, 5) is 2.57. The van der Waals surface area contributed by atoms with E-state index in [1.54, 1.807) is 0 Å². The first-order valence-corrected chi connectivity index (χ1v) is 25.7. The highest BCUT2D eigenvalue weighted by Crippen LogP contribution is 2.63. The van der Waals surface area contributed by atoms with Gasteiger partial charge in [-0.15, -0.1) is 0 Å². The zero-order valence-corrected chi connectivity index (χ0v) is 40.6. The number of fused-ring (bicyclic) bond motifs is 14. The fourth-order valence-corrected chi connectivity index (χ4v) is 12.9. The van der Waals surface area contributed by atoms with E-state index in [4.69, 9.17) is 0 Å². The Bertz CT molecular complexity index is 4290. The molecule has 0 aromatic heterocycles. The van der Waals surface area contributed by atoms with Crippen molar-refractivity contribution in [2.24, 2.45) is 0 Å². The third-order valence-electron chi connectivity index (χ3n) is 16.1. The van der Waals surface area contributed by atoms with Crippen LogP contribution in [0.25, 0.3) is 99.1 Å². The first-order chi connectivity index (χ1) is 36.7. The van der Waals surface area contributed by atoms with Crippen molar-refractivity contribution in [3.05, 3.63) is 307 Å². The Morgan fingerprint density at radius 3 is 1.32 bits per heavy atom. The Labute approximate surface area is 431 Å². The van der Waals surface area contributed by atoms with Crippen molar-refractivity contribution in [1.29, 1.82) is 0 Å². The normalized spacial score (nSPS) is 12.7. The zero-order valence-electron chi connectivity index (χ0n) is 40.6. The summed E-state index contributed by atoms with van der Waals surface area (Å²) in [6, 6.07) is 106. The number of hydrogen-bond donors (Lipinski definition) is 0. The predicted molar refractivity (Wildman–Crippen MR) is 312 cm³/mol. The van der Waals surface area contributed by atoms with Gasteiger partial charge in [0.2, 0.25) is 0 Å². The molecule has 13 aromatic carbocycles. The molecule has 13 aromatic rings. The van der Waals surface area contributed by atoms with Crippen molar-refractivity contribution in [2.75, 3.05) is 4.90 Å². The molecule has 1 nitrogen and oxygen atoms in total. The van der Waals surface area contributed by atoms with E-state index in [1.807, 2.05) is 0 Å². The van der Waals surface area contributed by atoms with E-state index in [0.717, 1.165) is 22.6 Å². The second-order valence-electron chi connectivity index (χ2n) is 19.9. The third-order valence-corrected chi connectivity index (χ3v) is 16.1. The molecular weight excluding hydrogens is 891 g/mol. The molecule has 0 amide bonds. The lowest BCUT2D eigenvalue weighted by atomic mass is 9.70. The quantitative estimate of drug-likeness (QED) is 0.144. The van der Waals surface area contributed by atoms with E-state index in [9.17, 15) is 0 Å². The van der Waals surface area contributed by atoms with Crippen molar-refractivity contribution in [2.45, 2.75) is 5.41 Å². The van der Waals surface area contributed by atoms with Crippen LogP contribution < -0.4 is 4.90 Å². The molecule has 344 valence electrons. The Hall–Kier alpha value is -9.56. The number of anilines is 3. The van der Waals surface area contributed by atoms with Gasteiger partial charge in [-0.05, 0) is 141 Å². The highest BCUT2D eigenvalue weighted by Gasteiger charge is 2.51. The van der Waals surface area contributed by atoms with Crippen molar-refractivity contribution < 1.29 is 0 Å². The van der Waals surface area contributed by atoms with Crippen molar-refractivity contribution in [1.82, 2.24) is 0 Å². The summed E-state index contributed by atoms with van der Waals surface area (Å²) < 4.78 is 0. The molecule has 0 saturated carbocycles. The lowest BCUT2D eigenvalue weighted by molar-refractivity contribution is 0.793. The summed E-state index contributed by atoms with van der Waals surface area (Å²) in [6.07, 6.45) is 0. The first-order valence-electron chi connectivity index (χ1n) is 25.7. The zero-order chi connectivity index (χ0) is 48.7. The molecule has 74 heavy (non-hydrogen) atoms. The highest BCUT2D eigenvalue weighted by atomic mass is 15.1. The van der Waals surface area contributed by atoms with E-state index < -0.39 is 5.41 Å². The molecule has 0 bridgehead atoms. The molecule has 15 rings (SSSR count). The van der Waals surface area contributed by atoms with Crippen LogP contribution in [-0.4, -0.2) is 0 Å². The average molecular weight is 938 g/mol. The van der Waals surface area contributed by atoms with Crippen molar-refractivity contribution in [3.63, 3.8) is 0 Å². The van der Waals surface area contributed by atoms with Crippen LogP contribution in [0, 0.1) is 0 Å². The average Bonchev–Trinajstić information content (AvgIpc) is 4.09. The Morgan fingerprint density at radius 2 is 0.662 bits per heavy atom. The van der Waals surface area contributed by atoms with Gasteiger partial charge in [-0.25, -0.2) is 0 Å². The minimum atomic E-state index is -0.500. The van der Waals surface area contributed by atoms with Crippen molar-refractivity contribution >= 4 is 49.4 Å².